The maximum Gasteiger partial charge on any atom is 0.475 e. The van der Waals surface area contributed by atoms with Crippen molar-refractivity contribution in [3.63, 3.8) is 0 Å². The average molecular weight is 1100 g/mol. The molecule has 5 heterocycles. The van der Waals surface area contributed by atoms with E-state index in [0.29, 0.717) is 17.1 Å². The van der Waals surface area contributed by atoms with E-state index in [1.807, 2.05) is 115 Å². The standard InChI is InChI=1S/C58H64N5O13PSi/c1-38-36-63(56(66)61-54(38)64)52-35-48(76-78(57(2,3)4,44-18-12-8-13-19-44)45-20-14-9-15-21-45)53(73-52)46-31-33-71-77(67,74-46)75-47-34-51(62-32-30-50(59)60-55(62)65)72-49(47)37-70-58(39-16-10-7-11-17-39,40-22-26-42(68-5)27-23-40)41-24-28-43(69-6)29-25-41/h7-30,32,36,46-49,51-53H,31,33-35,37H2,1-6H3,(H2,59,60,65)(H,61,64,66)/t46-,47-,48-,49+,51+,52+,53+,77-/m0/s1. The molecule has 0 amide bonds. The SMILES string of the molecule is COc1ccc(C(OC[C@H]2O[C@@H](n3ccc(N)nc3=O)C[C@@H]2O[P@@]2(=O)OCC[C@@H]([C@H]3O[C@@H](n4cc(C)c(=O)[nH]c4=O)C[C@@H]3O[Si](c3ccccc3)(c3ccccc3)C(C)(C)C)O2)(c2ccccc2)c2ccc(OC)cc2)cc1. The molecule has 0 bridgehead atoms. The summed E-state index contributed by atoms with van der Waals surface area (Å²) in [6.45, 7) is 7.85. The summed E-state index contributed by atoms with van der Waals surface area (Å²) < 4.78 is 77.1. The molecule has 8 atom stereocenters. The van der Waals surface area contributed by atoms with Gasteiger partial charge < -0.3 is 33.8 Å². The van der Waals surface area contributed by atoms with Gasteiger partial charge in [-0.3, -0.25) is 32.5 Å². The second-order valence-corrected chi connectivity index (χ2v) is 26.5. The van der Waals surface area contributed by atoms with Gasteiger partial charge in [0.2, 0.25) is 0 Å². The topological polar surface area (TPSA) is 216 Å². The van der Waals surface area contributed by atoms with Crippen LogP contribution in [0.3, 0.4) is 0 Å². The van der Waals surface area contributed by atoms with E-state index in [1.54, 1.807) is 21.1 Å². The van der Waals surface area contributed by atoms with E-state index >= 15 is 4.57 Å². The minimum atomic E-state index is -4.57. The Morgan fingerprint density at radius 2 is 1.28 bits per heavy atom. The zero-order valence-corrected chi connectivity index (χ0v) is 46.2. The molecule has 20 heteroatoms. The maximum atomic E-state index is 15.5. The fourth-order valence-corrected chi connectivity index (χ4v) is 17.3. The molecule has 7 aromatic rings. The van der Waals surface area contributed by atoms with Gasteiger partial charge in [0.15, 0.2) is 0 Å². The number of nitrogens with two attached hydrogens (primary N) is 1. The van der Waals surface area contributed by atoms with Crippen LogP contribution in [-0.2, 0) is 42.4 Å². The molecule has 0 radical (unpaired) electrons. The highest BCUT2D eigenvalue weighted by Crippen LogP contribution is 2.58. The Bertz CT molecular complexity index is 3330. The number of benzene rings is 5. The first-order valence-electron chi connectivity index (χ1n) is 25.9. The van der Waals surface area contributed by atoms with Crippen LogP contribution >= 0.6 is 7.82 Å². The van der Waals surface area contributed by atoms with Crippen LogP contribution in [0.15, 0.2) is 172 Å². The number of hydrogen-bond donors (Lipinski definition) is 2. The van der Waals surface area contributed by atoms with Gasteiger partial charge in [-0.1, -0.05) is 136 Å². The van der Waals surface area contributed by atoms with Gasteiger partial charge in [0, 0.05) is 37.2 Å². The lowest BCUT2D eigenvalue weighted by Gasteiger charge is -2.46. The highest BCUT2D eigenvalue weighted by Gasteiger charge is 2.57. The number of aryl methyl sites for hydroxylation is 1. The largest absolute Gasteiger partial charge is 0.497 e. The van der Waals surface area contributed by atoms with Gasteiger partial charge in [0.1, 0.15) is 59.8 Å². The molecule has 3 N–H and O–H groups in total. The Hall–Kier alpha value is -6.77. The maximum absolute atomic E-state index is 15.5. The Morgan fingerprint density at radius 1 is 0.731 bits per heavy atom. The number of rotatable bonds is 17. The number of phosphoric acid groups is 1. The number of anilines is 1. The molecule has 0 saturated carbocycles. The minimum Gasteiger partial charge on any atom is -0.497 e. The quantitative estimate of drug-likeness (QED) is 0.0512. The van der Waals surface area contributed by atoms with Crippen molar-refractivity contribution in [1.29, 1.82) is 0 Å². The van der Waals surface area contributed by atoms with E-state index in [4.69, 9.17) is 47.4 Å². The lowest BCUT2D eigenvalue weighted by Crippen LogP contribution is -2.68. The summed E-state index contributed by atoms with van der Waals surface area (Å²) in [5, 5.41) is 1.56. The molecule has 18 nitrogen and oxygen atoms in total. The minimum absolute atomic E-state index is 0.0135. The molecule has 3 fully saturated rings. The summed E-state index contributed by atoms with van der Waals surface area (Å²) in [4.78, 5) is 46.0. The van der Waals surface area contributed by atoms with E-state index in [-0.39, 0.29) is 38.3 Å². The molecule has 5 aromatic carbocycles. The van der Waals surface area contributed by atoms with Gasteiger partial charge >= 0.3 is 19.2 Å². The molecule has 3 saturated heterocycles. The number of aromatic amines is 1. The molecular formula is C58H64N5O13PSi. The summed E-state index contributed by atoms with van der Waals surface area (Å²) in [7, 11) is -4.69. The van der Waals surface area contributed by atoms with Crippen LogP contribution in [-0.4, -0.2) is 85.4 Å². The van der Waals surface area contributed by atoms with Gasteiger partial charge in [0.25, 0.3) is 13.9 Å². The first kappa shape index (κ1) is 54.6. The number of H-pyrrole nitrogens is 1. The molecule has 0 aliphatic carbocycles. The van der Waals surface area contributed by atoms with E-state index in [9.17, 15) is 14.4 Å². The van der Waals surface area contributed by atoms with Crippen molar-refractivity contribution in [2.24, 2.45) is 0 Å². The number of nitrogen functional groups attached to an aromatic ring is 1. The van der Waals surface area contributed by atoms with Gasteiger partial charge in [-0.05, 0) is 69.4 Å². The number of nitrogens with zero attached hydrogens (tertiary/aromatic N) is 3. The van der Waals surface area contributed by atoms with Gasteiger partial charge in [-0.15, -0.1) is 0 Å². The van der Waals surface area contributed by atoms with Crippen LogP contribution in [0.25, 0.3) is 0 Å². The lowest BCUT2D eigenvalue weighted by molar-refractivity contribution is -0.112. The molecule has 0 spiro atoms. The summed E-state index contributed by atoms with van der Waals surface area (Å²) in [5.74, 6) is 1.31. The van der Waals surface area contributed by atoms with Crippen molar-refractivity contribution in [3.8, 4) is 11.5 Å². The Kier molecular flexibility index (Phi) is 15.8. The summed E-state index contributed by atoms with van der Waals surface area (Å²) in [6.07, 6.45) is -3.34. The fraction of sp³-hybridized carbons (Fsp3) is 0.345. The van der Waals surface area contributed by atoms with Crippen molar-refractivity contribution in [1.82, 2.24) is 19.1 Å². The Balaban J connectivity index is 1.01. The van der Waals surface area contributed by atoms with Crippen LogP contribution in [0.2, 0.25) is 5.04 Å². The second kappa shape index (κ2) is 22.5. The van der Waals surface area contributed by atoms with Gasteiger partial charge in [0.05, 0.1) is 33.5 Å². The van der Waals surface area contributed by atoms with Crippen molar-refractivity contribution in [2.45, 2.75) is 101 Å². The average Bonchev–Trinajstić information content (AvgIpc) is 4.16. The zero-order valence-electron chi connectivity index (χ0n) is 44.3. The third-order valence-electron chi connectivity index (χ3n) is 14.8. The number of aromatic nitrogens is 4. The monoisotopic (exact) mass is 1100 g/mol. The van der Waals surface area contributed by atoms with Crippen LogP contribution in [0.1, 0.15) is 74.7 Å². The number of ether oxygens (including phenoxy) is 5. The van der Waals surface area contributed by atoms with Gasteiger partial charge in [-0.25, -0.2) is 14.2 Å². The third-order valence-corrected chi connectivity index (χ3v) is 21.5. The van der Waals surface area contributed by atoms with E-state index in [2.05, 4.69) is 55.0 Å². The van der Waals surface area contributed by atoms with Crippen LogP contribution in [0.4, 0.5) is 5.82 Å². The van der Waals surface area contributed by atoms with Gasteiger partial charge in [-0.2, -0.15) is 4.98 Å². The summed E-state index contributed by atoms with van der Waals surface area (Å²) in [5.41, 5.74) is 5.41. The zero-order chi connectivity index (χ0) is 54.8. The second-order valence-electron chi connectivity index (χ2n) is 20.7. The van der Waals surface area contributed by atoms with E-state index < -0.39 is 86.7 Å². The highest BCUT2D eigenvalue weighted by atomic mass is 31.2. The molecule has 78 heavy (non-hydrogen) atoms. The predicted molar refractivity (Wildman–Crippen MR) is 295 cm³/mol. The Labute approximate surface area is 452 Å². The molecular weight excluding hydrogens is 1030 g/mol. The first-order chi connectivity index (χ1) is 37.5. The first-order valence-corrected chi connectivity index (χ1v) is 29.3. The normalized spacial score (nSPS) is 23.7. The van der Waals surface area contributed by atoms with Crippen molar-refractivity contribution < 1.29 is 46.2 Å². The van der Waals surface area contributed by atoms with Crippen LogP contribution in [0.5, 0.6) is 11.5 Å². The summed E-state index contributed by atoms with van der Waals surface area (Å²) in [6, 6.07) is 46.6. The van der Waals surface area contributed by atoms with Crippen molar-refractivity contribution in [3.05, 3.63) is 212 Å². The predicted octanol–water partition coefficient (Wildman–Crippen LogP) is 7.53. The molecule has 0 unspecified atom stereocenters. The number of phosphoric ester groups is 1. The number of nitrogens with one attached hydrogen (secondary N) is 1. The summed E-state index contributed by atoms with van der Waals surface area (Å²) >= 11 is 0. The molecule has 408 valence electrons. The van der Waals surface area contributed by atoms with Crippen molar-refractivity contribution in [2.75, 3.05) is 33.2 Å². The molecule has 3 aliphatic rings. The highest BCUT2D eigenvalue weighted by molar-refractivity contribution is 7.48. The van der Waals surface area contributed by atoms with E-state index in [1.165, 1.54) is 27.6 Å². The van der Waals surface area contributed by atoms with Crippen LogP contribution < -0.4 is 42.5 Å². The molecule has 10 rings (SSSR count). The van der Waals surface area contributed by atoms with E-state index in [0.717, 1.165) is 27.1 Å². The Morgan fingerprint density at radius 3 is 1.85 bits per heavy atom. The third kappa shape index (κ3) is 10.7. The number of methoxy groups -OCH3 is 2. The number of hydrogen-bond acceptors (Lipinski definition) is 15. The smallest absolute Gasteiger partial charge is 0.475 e. The fourth-order valence-electron chi connectivity index (χ4n) is 11.0. The molecule has 2 aromatic heterocycles. The van der Waals surface area contributed by atoms with Crippen molar-refractivity contribution >= 4 is 32.3 Å². The lowest BCUT2D eigenvalue weighted by atomic mass is 9.80. The molecule has 3 aliphatic heterocycles. The van der Waals surface area contributed by atoms with Crippen LogP contribution in [0, 0.1) is 6.92 Å².